The molecule has 2 heteroatoms. The van der Waals surface area contributed by atoms with Gasteiger partial charge in [-0.1, -0.05) is 30.3 Å². The summed E-state index contributed by atoms with van der Waals surface area (Å²) >= 11 is 2.07. The summed E-state index contributed by atoms with van der Waals surface area (Å²) in [6, 6.07) is 10.7. The molecule has 2 fully saturated rings. The Kier molecular flexibility index (Phi) is 3.95. The molecule has 98 valence electrons. The van der Waals surface area contributed by atoms with Gasteiger partial charge in [0.05, 0.1) is 6.10 Å². The normalized spacial score (nSPS) is 30.1. The Bertz CT molecular complexity index is 372. The quantitative estimate of drug-likeness (QED) is 0.893. The van der Waals surface area contributed by atoms with Gasteiger partial charge in [-0.25, -0.2) is 0 Å². The molecule has 1 aromatic carbocycles. The highest BCUT2D eigenvalue weighted by molar-refractivity contribution is 7.99. The summed E-state index contributed by atoms with van der Waals surface area (Å²) in [5.74, 6) is 4.52. The fourth-order valence-corrected chi connectivity index (χ4v) is 4.43. The molecule has 1 saturated carbocycles. The van der Waals surface area contributed by atoms with Crippen molar-refractivity contribution in [3.05, 3.63) is 35.9 Å². The number of rotatable bonds is 4. The second-order valence-electron chi connectivity index (χ2n) is 5.78. The summed E-state index contributed by atoms with van der Waals surface area (Å²) < 4.78 is 0. The first-order chi connectivity index (χ1) is 8.84. The van der Waals surface area contributed by atoms with Crippen LogP contribution in [0.4, 0.5) is 0 Å². The Hall–Kier alpha value is -0.470. The molecule has 0 aromatic heterocycles. The van der Waals surface area contributed by atoms with Crippen molar-refractivity contribution in [1.82, 2.24) is 0 Å². The van der Waals surface area contributed by atoms with Crippen LogP contribution in [0.2, 0.25) is 0 Å². The summed E-state index contributed by atoms with van der Waals surface area (Å²) in [4.78, 5) is 0. The third-order valence-corrected chi connectivity index (χ3v) is 5.53. The van der Waals surface area contributed by atoms with E-state index in [0.717, 1.165) is 12.3 Å². The van der Waals surface area contributed by atoms with E-state index in [4.69, 9.17) is 0 Å². The van der Waals surface area contributed by atoms with Crippen LogP contribution in [0.15, 0.2) is 30.3 Å². The van der Waals surface area contributed by atoms with E-state index in [1.54, 1.807) is 0 Å². The lowest BCUT2D eigenvalue weighted by Gasteiger charge is -2.24. The largest absolute Gasteiger partial charge is 0.393 e. The molecule has 1 nitrogen and oxygen atoms in total. The smallest absolute Gasteiger partial charge is 0.0577 e. The average molecular weight is 262 g/mol. The summed E-state index contributed by atoms with van der Waals surface area (Å²) in [6.45, 7) is 0. The lowest BCUT2D eigenvalue weighted by Crippen LogP contribution is -2.19. The lowest BCUT2D eigenvalue weighted by molar-refractivity contribution is 0.116. The van der Waals surface area contributed by atoms with E-state index in [1.165, 1.54) is 36.3 Å². The number of thioether (sulfide) groups is 1. The van der Waals surface area contributed by atoms with E-state index in [9.17, 15) is 5.11 Å². The van der Waals surface area contributed by atoms with Crippen LogP contribution in [-0.4, -0.2) is 22.7 Å². The van der Waals surface area contributed by atoms with Crippen LogP contribution in [0.1, 0.15) is 37.2 Å². The van der Waals surface area contributed by atoms with Gasteiger partial charge < -0.3 is 5.11 Å². The van der Waals surface area contributed by atoms with Crippen LogP contribution in [0.25, 0.3) is 0 Å². The van der Waals surface area contributed by atoms with Gasteiger partial charge in [0.25, 0.3) is 0 Å². The summed E-state index contributed by atoms with van der Waals surface area (Å²) in [5, 5.41) is 10.4. The molecule has 0 spiro atoms. The van der Waals surface area contributed by atoms with Gasteiger partial charge in [-0.3, -0.25) is 0 Å². The Morgan fingerprint density at radius 3 is 2.61 bits per heavy atom. The van der Waals surface area contributed by atoms with E-state index in [1.807, 2.05) is 0 Å². The molecular weight excluding hydrogens is 240 g/mol. The van der Waals surface area contributed by atoms with Crippen LogP contribution in [0.3, 0.4) is 0 Å². The van der Waals surface area contributed by atoms with Gasteiger partial charge >= 0.3 is 0 Å². The average Bonchev–Trinajstić information content (AvgIpc) is 3.21. The van der Waals surface area contributed by atoms with E-state index in [0.29, 0.717) is 11.8 Å². The minimum Gasteiger partial charge on any atom is -0.393 e. The lowest BCUT2D eigenvalue weighted by atomic mass is 9.92. The van der Waals surface area contributed by atoms with Crippen LogP contribution < -0.4 is 0 Å². The molecule has 1 heterocycles. The third kappa shape index (κ3) is 2.92. The van der Waals surface area contributed by atoms with Gasteiger partial charge in [0.2, 0.25) is 0 Å². The van der Waals surface area contributed by atoms with Gasteiger partial charge in [-0.05, 0) is 60.5 Å². The first-order valence-corrected chi connectivity index (χ1v) is 8.31. The summed E-state index contributed by atoms with van der Waals surface area (Å²) in [5.41, 5.74) is 1.42. The zero-order chi connectivity index (χ0) is 12.4. The fraction of sp³-hybridized carbons (Fsp3) is 0.625. The van der Waals surface area contributed by atoms with Crippen molar-refractivity contribution >= 4 is 11.8 Å². The number of aliphatic hydroxyl groups excluding tert-OH is 1. The molecule has 1 aromatic rings. The van der Waals surface area contributed by atoms with Crippen molar-refractivity contribution in [3.63, 3.8) is 0 Å². The monoisotopic (exact) mass is 262 g/mol. The minimum absolute atomic E-state index is 0.0664. The molecule has 1 N–H and O–H groups in total. The van der Waals surface area contributed by atoms with Gasteiger partial charge in [-0.15, -0.1) is 0 Å². The SMILES string of the molecule is OC(CC1CCSCC1)C1CC1c1ccccc1. The zero-order valence-corrected chi connectivity index (χ0v) is 11.6. The molecule has 1 aliphatic heterocycles. The molecule has 0 radical (unpaired) electrons. The van der Waals surface area contributed by atoms with E-state index < -0.39 is 0 Å². The zero-order valence-electron chi connectivity index (χ0n) is 10.8. The molecular formula is C16H22OS. The fourth-order valence-electron chi connectivity index (χ4n) is 3.22. The van der Waals surface area contributed by atoms with Crippen LogP contribution in [-0.2, 0) is 0 Å². The number of aliphatic hydroxyl groups is 1. The van der Waals surface area contributed by atoms with E-state index >= 15 is 0 Å². The van der Waals surface area contributed by atoms with Crippen LogP contribution in [0, 0.1) is 11.8 Å². The molecule has 18 heavy (non-hydrogen) atoms. The summed E-state index contributed by atoms with van der Waals surface area (Å²) in [7, 11) is 0. The second kappa shape index (κ2) is 5.66. The molecule has 3 atom stereocenters. The van der Waals surface area contributed by atoms with Crippen molar-refractivity contribution in [2.75, 3.05) is 11.5 Å². The highest BCUT2D eigenvalue weighted by Crippen LogP contribution is 2.50. The molecule has 2 aliphatic rings. The molecule has 3 unspecified atom stereocenters. The predicted molar refractivity (Wildman–Crippen MR) is 78.0 cm³/mol. The van der Waals surface area contributed by atoms with E-state index in [-0.39, 0.29) is 6.10 Å². The topological polar surface area (TPSA) is 20.2 Å². The van der Waals surface area contributed by atoms with Crippen molar-refractivity contribution in [3.8, 4) is 0 Å². The summed E-state index contributed by atoms with van der Waals surface area (Å²) in [6.07, 6.45) is 4.78. The van der Waals surface area contributed by atoms with Gasteiger partial charge in [0, 0.05) is 0 Å². The number of hydrogen-bond acceptors (Lipinski definition) is 2. The highest BCUT2D eigenvalue weighted by atomic mass is 32.2. The minimum atomic E-state index is -0.0664. The maximum Gasteiger partial charge on any atom is 0.0577 e. The Balaban J connectivity index is 1.51. The predicted octanol–water partition coefficient (Wildman–Crippen LogP) is 3.68. The van der Waals surface area contributed by atoms with Crippen molar-refractivity contribution < 1.29 is 5.11 Å². The molecule has 1 saturated heterocycles. The Morgan fingerprint density at radius 2 is 1.89 bits per heavy atom. The third-order valence-electron chi connectivity index (χ3n) is 4.48. The second-order valence-corrected chi connectivity index (χ2v) is 7.00. The Morgan fingerprint density at radius 1 is 1.17 bits per heavy atom. The highest BCUT2D eigenvalue weighted by Gasteiger charge is 2.43. The van der Waals surface area contributed by atoms with Crippen molar-refractivity contribution in [2.45, 2.75) is 37.7 Å². The van der Waals surface area contributed by atoms with Crippen LogP contribution in [0.5, 0.6) is 0 Å². The molecule has 3 rings (SSSR count). The number of benzene rings is 1. The Labute approximate surface area is 114 Å². The maximum atomic E-state index is 10.4. The van der Waals surface area contributed by atoms with Gasteiger partial charge in [0.15, 0.2) is 0 Å². The van der Waals surface area contributed by atoms with Crippen molar-refractivity contribution in [2.24, 2.45) is 11.8 Å². The van der Waals surface area contributed by atoms with E-state index in [2.05, 4.69) is 42.1 Å². The molecule has 1 aliphatic carbocycles. The van der Waals surface area contributed by atoms with Crippen molar-refractivity contribution in [1.29, 1.82) is 0 Å². The van der Waals surface area contributed by atoms with Gasteiger partial charge in [0.1, 0.15) is 0 Å². The van der Waals surface area contributed by atoms with Crippen LogP contribution >= 0.6 is 11.8 Å². The first-order valence-electron chi connectivity index (χ1n) is 7.15. The molecule has 0 amide bonds. The number of hydrogen-bond donors (Lipinski definition) is 1. The standard InChI is InChI=1S/C16H22OS/c17-16(10-12-6-8-18-9-7-12)15-11-14(15)13-4-2-1-3-5-13/h1-5,12,14-17H,6-11H2. The maximum absolute atomic E-state index is 10.4. The first kappa shape index (κ1) is 12.6. The molecule has 0 bridgehead atoms. The van der Waals surface area contributed by atoms with Gasteiger partial charge in [-0.2, -0.15) is 11.8 Å².